The van der Waals surface area contributed by atoms with E-state index in [2.05, 4.69) is 17.9 Å². The Kier molecular flexibility index (Phi) is 3.70. The summed E-state index contributed by atoms with van der Waals surface area (Å²) in [6, 6.07) is 6.60. The molecule has 2 heterocycles. The van der Waals surface area contributed by atoms with Crippen LogP contribution in [0.15, 0.2) is 28.9 Å². The Bertz CT molecular complexity index is 591. The number of hydrogen-bond donors (Lipinski definition) is 0. The van der Waals surface area contributed by atoms with E-state index < -0.39 is 0 Å². The number of hydrogen-bond acceptors (Lipinski definition) is 3. The first kappa shape index (κ1) is 13.5. The molecule has 1 saturated carbocycles. The van der Waals surface area contributed by atoms with Gasteiger partial charge in [-0.15, -0.1) is 11.6 Å². The third-order valence-electron chi connectivity index (χ3n) is 3.75. The van der Waals surface area contributed by atoms with E-state index in [1.165, 1.54) is 18.4 Å². The fraction of sp³-hybridized carbons (Fsp3) is 0.438. The Morgan fingerprint density at radius 3 is 2.80 bits per heavy atom. The number of nitrogens with zero attached hydrogens (tertiary/aromatic N) is 2. The van der Waals surface area contributed by atoms with E-state index in [9.17, 15) is 0 Å². The molecule has 0 spiro atoms. The topological polar surface area (TPSA) is 29.3 Å². The van der Waals surface area contributed by atoms with Gasteiger partial charge in [-0.25, -0.2) is 4.98 Å². The van der Waals surface area contributed by atoms with Crippen LogP contribution in [-0.2, 0) is 12.4 Å². The van der Waals surface area contributed by atoms with Crippen molar-refractivity contribution in [1.82, 2.24) is 4.98 Å². The average Bonchev–Trinajstić information content (AvgIpc) is 3.12. The lowest BCUT2D eigenvalue weighted by molar-refractivity contribution is 0.500. The second-order valence-corrected chi connectivity index (χ2v) is 5.72. The third kappa shape index (κ3) is 2.68. The summed E-state index contributed by atoms with van der Waals surface area (Å²) < 4.78 is 5.49. The Labute approximate surface area is 124 Å². The van der Waals surface area contributed by atoms with Crippen molar-refractivity contribution in [2.24, 2.45) is 0 Å². The first-order valence-electron chi connectivity index (χ1n) is 7.01. The van der Waals surface area contributed by atoms with Crippen LogP contribution in [0.25, 0.3) is 0 Å². The van der Waals surface area contributed by atoms with Gasteiger partial charge in [0.05, 0.1) is 18.7 Å². The van der Waals surface area contributed by atoms with E-state index >= 15 is 0 Å². The molecule has 3 nitrogen and oxygen atoms in total. The second-order valence-electron chi connectivity index (χ2n) is 5.45. The Morgan fingerprint density at radius 1 is 1.40 bits per heavy atom. The van der Waals surface area contributed by atoms with Crippen molar-refractivity contribution in [2.45, 2.75) is 45.2 Å². The molecule has 2 aromatic rings. The Balaban J connectivity index is 1.98. The molecule has 106 valence electrons. The molecule has 0 radical (unpaired) electrons. The normalized spacial score (nSPS) is 14.6. The molecule has 3 rings (SSSR count). The summed E-state index contributed by atoms with van der Waals surface area (Å²) in [5.41, 5.74) is 3.39. The quantitative estimate of drug-likeness (QED) is 0.773. The highest BCUT2D eigenvalue weighted by atomic mass is 35.5. The van der Waals surface area contributed by atoms with Crippen LogP contribution in [0, 0.1) is 13.8 Å². The minimum absolute atomic E-state index is 0.496. The highest BCUT2D eigenvalue weighted by Crippen LogP contribution is 2.35. The van der Waals surface area contributed by atoms with Crippen LogP contribution in [-0.4, -0.2) is 11.0 Å². The summed E-state index contributed by atoms with van der Waals surface area (Å²) in [5.74, 6) is 2.49. The molecule has 2 aromatic heterocycles. The molecule has 20 heavy (non-hydrogen) atoms. The zero-order valence-electron chi connectivity index (χ0n) is 11.9. The van der Waals surface area contributed by atoms with Crippen LogP contribution in [0.5, 0.6) is 0 Å². The molecular weight excluding hydrogens is 272 g/mol. The fourth-order valence-electron chi connectivity index (χ4n) is 2.58. The van der Waals surface area contributed by atoms with Crippen molar-refractivity contribution < 1.29 is 4.42 Å². The number of pyridine rings is 1. The number of furan rings is 1. The molecule has 0 aliphatic heterocycles. The van der Waals surface area contributed by atoms with Gasteiger partial charge in [0.15, 0.2) is 0 Å². The summed E-state index contributed by atoms with van der Waals surface area (Å²) in [6.45, 7) is 4.90. The van der Waals surface area contributed by atoms with Crippen molar-refractivity contribution in [1.29, 1.82) is 0 Å². The van der Waals surface area contributed by atoms with Crippen LogP contribution in [0.4, 0.5) is 5.82 Å². The number of halogens is 1. The fourth-order valence-corrected chi connectivity index (χ4v) is 2.91. The maximum absolute atomic E-state index is 6.15. The minimum atomic E-state index is 0.496. The van der Waals surface area contributed by atoms with Gasteiger partial charge in [0.2, 0.25) is 0 Å². The van der Waals surface area contributed by atoms with Gasteiger partial charge in [0, 0.05) is 17.3 Å². The molecule has 0 aromatic carbocycles. The van der Waals surface area contributed by atoms with Gasteiger partial charge >= 0.3 is 0 Å². The monoisotopic (exact) mass is 290 g/mol. The summed E-state index contributed by atoms with van der Waals surface area (Å²) in [5, 5.41) is 0. The maximum Gasteiger partial charge on any atom is 0.134 e. The third-order valence-corrected chi connectivity index (χ3v) is 4.02. The van der Waals surface area contributed by atoms with E-state index in [1.807, 2.05) is 19.1 Å². The van der Waals surface area contributed by atoms with Crippen LogP contribution in [0.1, 0.15) is 35.4 Å². The van der Waals surface area contributed by atoms with E-state index in [0.717, 1.165) is 29.4 Å². The molecule has 0 bridgehead atoms. The first-order valence-corrected chi connectivity index (χ1v) is 7.54. The van der Waals surface area contributed by atoms with Crippen molar-refractivity contribution >= 4 is 17.4 Å². The maximum atomic E-state index is 6.15. The summed E-state index contributed by atoms with van der Waals surface area (Å²) in [7, 11) is 0. The summed E-state index contributed by atoms with van der Waals surface area (Å²) in [6.07, 6.45) is 4.16. The van der Waals surface area contributed by atoms with Gasteiger partial charge in [-0.05, 0) is 50.5 Å². The van der Waals surface area contributed by atoms with Gasteiger partial charge < -0.3 is 9.32 Å². The predicted molar refractivity (Wildman–Crippen MR) is 81.2 cm³/mol. The Morgan fingerprint density at radius 2 is 2.20 bits per heavy atom. The molecule has 1 fully saturated rings. The predicted octanol–water partition coefficient (Wildman–Crippen LogP) is 4.20. The Hall–Kier alpha value is -1.48. The molecule has 0 N–H and O–H groups in total. The SMILES string of the molecule is Cc1cc(C)c(CCl)c(N(Cc2ccco2)C2CC2)n1. The molecule has 1 aliphatic carbocycles. The van der Waals surface area contributed by atoms with E-state index in [-0.39, 0.29) is 0 Å². The van der Waals surface area contributed by atoms with E-state index in [1.54, 1.807) is 6.26 Å². The lowest BCUT2D eigenvalue weighted by atomic mass is 10.1. The standard InChI is InChI=1S/C16H19ClN2O/c1-11-8-12(2)18-16(15(11)9-17)19(13-5-6-13)10-14-4-3-7-20-14/h3-4,7-8,13H,5-6,9-10H2,1-2H3. The number of aryl methyl sites for hydroxylation is 2. The van der Waals surface area contributed by atoms with Gasteiger partial charge in [-0.2, -0.15) is 0 Å². The molecule has 0 amide bonds. The first-order chi connectivity index (χ1) is 9.69. The van der Waals surface area contributed by atoms with Crippen molar-refractivity contribution in [3.8, 4) is 0 Å². The zero-order chi connectivity index (χ0) is 14.1. The second kappa shape index (κ2) is 5.49. The number of alkyl halides is 1. The van der Waals surface area contributed by atoms with Gasteiger partial charge in [0.25, 0.3) is 0 Å². The minimum Gasteiger partial charge on any atom is -0.467 e. The molecule has 1 aliphatic rings. The van der Waals surface area contributed by atoms with Crippen LogP contribution in [0.2, 0.25) is 0 Å². The lowest BCUT2D eigenvalue weighted by Crippen LogP contribution is -2.27. The molecular formula is C16H19ClN2O. The largest absolute Gasteiger partial charge is 0.467 e. The van der Waals surface area contributed by atoms with Gasteiger partial charge in [0.1, 0.15) is 11.6 Å². The summed E-state index contributed by atoms with van der Waals surface area (Å²) in [4.78, 5) is 7.09. The number of aromatic nitrogens is 1. The average molecular weight is 291 g/mol. The zero-order valence-corrected chi connectivity index (χ0v) is 12.7. The highest BCUT2D eigenvalue weighted by molar-refractivity contribution is 6.17. The molecule has 0 saturated heterocycles. The van der Waals surface area contributed by atoms with Crippen molar-refractivity contribution in [3.05, 3.63) is 47.0 Å². The molecule has 0 unspecified atom stereocenters. The van der Waals surface area contributed by atoms with Crippen LogP contribution >= 0.6 is 11.6 Å². The van der Waals surface area contributed by atoms with Gasteiger partial charge in [-0.3, -0.25) is 0 Å². The summed E-state index contributed by atoms with van der Waals surface area (Å²) >= 11 is 6.15. The van der Waals surface area contributed by atoms with Crippen molar-refractivity contribution in [2.75, 3.05) is 4.90 Å². The van der Waals surface area contributed by atoms with E-state index in [0.29, 0.717) is 11.9 Å². The van der Waals surface area contributed by atoms with Crippen molar-refractivity contribution in [3.63, 3.8) is 0 Å². The smallest absolute Gasteiger partial charge is 0.134 e. The van der Waals surface area contributed by atoms with E-state index in [4.69, 9.17) is 21.0 Å². The van der Waals surface area contributed by atoms with Crippen LogP contribution < -0.4 is 4.90 Å². The number of rotatable bonds is 5. The lowest BCUT2D eigenvalue weighted by Gasteiger charge is -2.26. The van der Waals surface area contributed by atoms with Gasteiger partial charge in [-0.1, -0.05) is 0 Å². The number of anilines is 1. The molecule has 0 atom stereocenters. The molecule has 4 heteroatoms. The highest BCUT2D eigenvalue weighted by Gasteiger charge is 2.32. The van der Waals surface area contributed by atoms with Crippen LogP contribution in [0.3, 0.4) is 0 Å².